The molecule has 0 aliphatic heterocycles. The SMILES string of the molecule is CCCc1ccc(C(=O)c2ccccc2)c(Br)c1. The van der Waals surface area contributed by atoms with Crippen molar-refractivity contribution < 1.29 is 4.79 Å². The third-order valence-corrected chi connectivity index (χ3v) is 3.51. The van der Waals surface area contributed by atoms with Gasteiger partial charge in [-0.05, 0) is 24.1 Å². The fourth-order valence-electron chi connectivity index (χ4n) is 1.93. The second-order valence-electron chi connectivity index (χ2n) is 4.26. The summed E-state index contributed by atoms with van der Waals surface area (Å²) in [6, 6.07) is 15.3. The fourth-order valence-corrected chi connectivity index (χ4v) is 2.54. The van der Waals surface area contributed by atoms with Crippen molar-refractivity contribution in [3.63, 3.8) is 0 Å². The standard InChI is InChI=1S/C16H15BrO/c1-2-6-12-9-10-14(15(17)11-12)16(18)13-7-4-3-5-8-13/h3-5,7-11H,2,6H2,1H3. The number of rotatable bonds is 4. The third-order valence-electron chi connectivity index (χ3n) is 2.85. The number of benzene rings is 2. The maximum absolute atomic E-state index is 12.3. The Bertz CT molecular complexity index is 546. The van der Waals surface area contributed by atoms with Gasteiger partial charge in [0, 0.05) is 15.6 Å². The largest absolute Gasteiger partial charge is 0.289 e. The van der Waals surface area contributed by atoms with Crippen LogP contribution in [0, 0.1) is 0 Å². The third kappa shape index (κ3) is 2.88. The van der Waals surface area contributed by atoms with Crippen LogP contribution in [0.1, 0.15) is 34.8 Å². The van der Waals surface area contributed by atoms with Gasteiger partial charge in [-0.3, -0.25) is 4.79 Å². The highest BCUT2D eigenvalue weighted by molar-refractivity contribution is 9.10. The number of carbonyl (C=O) groups excluding carboxylic acids is 1. The Morgan fingerprint density at radius 3 is 2.44 bits per heavy atom. The lowest BCUT2D eigenvalue weighted by atomic mass is 10.0. The van der Waals surface area contributed by atoms with Gasteiger partial charge < -0.3 is 0 Å². The predicted octanol–water partition coefficient (Wildman–Crippen LogP) is 4.63. The molecule has 0 spiro atoms. The average molecular weight is 303 g/mol. The maximum Gasteiger partial charge on any atom is 0.194 e. The lowest BCUT2D eigenvalue weighted by Gasteiger charge is -2.06. The summed E-state index contributed by atoms with van der Waals surface area (Å²) >= 11 is 3.49. The normalized spacial score (nSPS) is 10.3. The van der Waals surface area contributed by atoms with E-state index in [1.54, 1.807) is 0 Å². The molecule has 0 bridgehead atoms. The van der Waals surface area contributed by atoms with E-state index >= 15 is 0 Å². The highest BCUT2D eigenvalue weighted by Gasteiger charge is 2.12. The molecule has 92 valence electrons. The molecule has 0 radical (unpaired) electrons. The van der Waals surface area contributed by atoms with Gasteiger partial charge in [-0.1, -0.05) is 65.7 Å². The van der Waals surface area contributed by atoms with E-state index in [1.165, 1.54) is 5.56 Å². The summed E-state index contributed by atoms with van der Waals surface area (Å²) in [4.78, 5) is 12.3. The van der Waals surface area contributed by atoms with Crippen LogP contribution in [0.25, 0.3) is 0 Å². The van der Waals surface area contributed by atoms with E-state index in [9.17, 15) is 4.79 Å². The van der Waals surface area contributed by atoms with Crippen molar-refractivity contribution in [3.8, 4) is 0 Å². The van der Waals surface area contributed by atoms with Crippen LogP contribution in [0.3, 0.4) is 0 Å². The Kier molecular flexibility index (Phi) is 4.32. The number of ketones is 1. The number of halogens is 1. The average Bonchev–Trinajstić information content (AvgIpc) is 2.40. The van der Waals surface area contributed by atoms with Gasteiger partial charge in [0.1, 0.15) is 0 Å². The number of hydrogen-bond donors (Lipinski definition) is 0. The minimum Gasteiger partial charge on any atom is -0.289 e. The predicted molar refractivity (Wildman–Crippen MR) is 78.0 cm³/mol. The Morgan fingerprint density at radius 1 is 1.11 bits per heavy atom. The molecular weight excluding hydrogens is 288 g/mol. The van der Waals surface area contributed by atoms with E-state index in [0.717, 1.165) is 28.4 Å². The second kappa shape index (κ2) is 5.96. The second-order valence-corrected chi connectivity index (χ2v) is 5.11. The first kappa shape index (κ1) is 13.0. The summed E-state index contributed by atoms with van der Waals surface area (Å²) in [7, 11) is 0. The summed E-state index contributed by atoms with van der Waals surface area (Å²) in [5, 5.41) is 0. The Labute approximate surface area is 116 Å². The van der Waals surface area contributed by atoms with E-state index < -0.39 is 0 Å². The van der Waals surface area contributed by atoms with E-state index in [1.807, 2.05) is 48.5 Å². The van der Waals surface area contributed by atoms with Crippen molar-refractivity contribution in [3.05, 3.63) is 69.7 Å². The topological polar surface area (TPSA) is 17.1 Å². The first-order valence-electron chi connectivity index (χ1n) is 6.10. The zero-order valence-corrected chi connectivity index (χ0v) is 11.9. The molecule has 0 heterocycles. The van der Waals surface area contributed by atoms with Crippen LogP contribution in [0.4, 0.5) is 0 Å². The molecule has 0 saturated carbocycles. The molecule has 2 aromatic carbocycles. The molecule has 2 aromatic rings. The molecule has 0 atom stereocenters. The van der Waals surface area contributed by atoms with Gasteiger partial charge in [0.15, 0.2) is 5.78 Å². The number of hydrogen-bond acceptors (Lipinski definition) is 1. The van der Waals surface area contributed by atoms with Crippen LogP contribution in [-0.4, -0.2) is 5.78 Å². The Morgan fingerprint density at radius 2 is 1.83 bits per heavy atom. The fraction of sp³-hybridized carbons (Fsp3) is 0.188. The van der Waals surface area contributed by atoms with Crippen molar-refractivity contribution in [2.75, 3.05) is 0 Å². The van der Waals surface area contributed by atoms with E-state index in [-0.39, 0.29) is 5.78 Å². The van der Waals surface area contributed by atoms with Gasteiger partial charge in [0.25, 0.3) is 0 Å². The molecule has 1 nitrogen and oxygen atoms in total. The van der Waals surface area contributed by atoms with Crippen molar-refractivity contribution in [2.24, 2.45) is 0 Å². The summed E-state index contributed by atoms with van der Waals surface area (Å²) in [6.45, 7) is 2.15. The Hall–Kier alpha value is -1.41. The van der Waals surface area contributed by atoms with Gasteiger partial charge in [0.05, 0.1) is 0 Å². The number of aryl methyl sites for hydroxylation is 1. The zero-order chi connectivity index (χ0) is 13.0. The van der Waals surface area contributed by atoms with Gasteiger partial charge in [-0.2, -0.15) is 0 Å². The van der Waals surface area contributed by atoms with E-state index in [2.05, 4.69) is 22.9 Å². The monoisotopic (exact) mass is 302 g/mol. The molecule has 0 aliphatic rings. The quantitative estimate of drug-likeness (QED) is 0.752. The van der Waals surface area contributed by atoms with Crippen molar-refractivity contribution in [1.82, 2.24) is 0 Å². The van der Waals surface area contributed by atoms with Crippen molar-refractivity contribution >= 4 is 21.7 Å². The molecule has 0 aromatic heterocycles. The van der Waals surface area contributed by atoms with Crippen LogP contribution < -0.4 is 0 Å². The molecule has 0 aliphatic carbocycles. The van der Waals surface area contributed by atoms with Gasteiger partial charge in [-0.25, -0.2) is 0 Å². The van der Waals surface area contributed by atoms with Crippen molar-refractivity contribution in [1.29, 1.82) is 0 Å². The van der Waals surface area contributed by atoms with E-state index in [0.29, 0.717) is 0 Å². The molecule has 0 N–H and O–H groups in total. The highest BCUT2D eigenvalue weighted by atomic mass is 79.9. The highest BCUT2D eigenvalue weighted by Crippen LogP contribution is 2.22. The lowest BCUT2D eigenvalue weighted by Crippen LogP contribution is -2.02. The summed E-state index contributed by atoms with van der Waals surface area (Å²) in [6.07, 6.45) is 2.15. The minimum absolute atomic E-state index is 0.0607. The first-order valence-corrected chi connectivity index (χ1v) is 6.90. The number of carbonyl (C=O) groups is 1. The summed E-state index contributed by atoms with van der Waals surface area (Å²) in [5.74, 6) is 0.0607. The van der Waals surface area contributed by atoms with Crippen LogP contribution in [0.15, 0.2) is 53.0 Å². The Balaban J connectivity index is 2.32. The molecule has 2 rings (SSSR count). The van der Waals surface area contributed by atoms with Crippen LogP contribution in [0.5, 0.6) is 0 Å². The summed E-state index contributed by atoms with van der Waals surface area (Å²) < 4.78 is 0.877. The zero-order valence-electron chi connectivity index (χ0n) is 10.3. The minimum atomic E-state index is 0.0607. The lowest BCUT2D eigenvalue weighted by molar-refractivity contribution is 0.103. The van der Waals surface area contributed by atoms with Gasteiger partial charge in [0.2, 0.25) is 0 Å². The summed E-state index contributed by atoms with van der Waals surface area (Å²) in [5.41, 5.74) is 2.71. The molecule has 0 fully saturated rings. The van der Waals surface area contributed by atoms with Crippen LogP contribution in [-0.2, 0) is 6.42 Å². The van der Waals surface area contributed by atoms with Gasteiger partial charge in [-0.15, -0.1) is 0 Å². The molecule has 0 saturated heterocycles. The molecule has 0 amide bonds. The molecular formula is C16H15BrO. The van der Waals surface area contributed by atoms with Crippen LogP contribution >= 0.6 is 15.9 Å². The van der Waals surface area contributed by atoms with Crippen molar-refractivity contribution in [2.45, 2.75) is 19.8 Å². The maximum atomic E-state index is 12.3. The van der Waals surface area contributed by atoms with Crippen LogP contribution in [0.2, 0.25) is 0 Å². The van der Waals surface area contributed by atoms with E-state index in [4.69, 9.17) is 0 Å². The molecule has 18 heavy (non-hydrogen) atoms. The smallest absolute Gasteiger partial charge is 0.194 e. The molecule has 0 unspecified atom stereocenters. The van der Waals surface area contributed by atoms with Gasteiger partial charge >= 0.3 is 0 Å². The first-order chi connectivity index (χ1) is 8.72. The molecule has 2 heteroatoms.